The first-order valence-corrected chi connectivity index (χ1v) is 5.82. The molecule has 2 N–H and O–H groups in total. The van der Waals surface area contributed by atoms with Crippen molar-refractivity contribution in [2.45, 2.75) is 32.2 Å². The predicted molar refractivity (Wildman–Crippen MR) is 60.4 cm³/mol. The van der Waals surface area contributed by atoms with Gasteiger partial charge in [-0.05, 0) is 13.3 Å². The van der Waals surface area contributed by atoms with E-state index in [9.17, 15) is 9.59 Å². The average molecular weight is 242 g/mol. The number of aliphatic carboxylic acids is 1. The van der Waals surface area contributed by atoms with E-state index in [-0.39, 0.29) is 12.5 Å². The molecule has 1 unspecified atom stereocenters. The molecule has 0 spiro atoms. The highest BCUT2D eigenvalue weighted by atomic mass is 32.1. The van der Waals surface area contributed by atoms with Gasteiger partial charge in [0.1, 0.15) is 0 Å². The van der Waals surface area contributed by atoms with Gasteiger partial charge in [-0.15, -0.1) is 11.3 Å². The summed E-state index contributed by atoms with van der Waals surface area (Å²) >= 11 is 1.52. The molecule has 0 saturated carbocycles. The topological polar surface area (TPSA) is 79.3 Å². The van der Waals surface area contributed by atoms with Crippen LogP contribution in [-0.4, -0.2) is 28.5 Å². The number of hydrogen-bond donors (Lipinski definition) is 2. The number of hydrogen-bond acceptors (Lipinski definition) is 4. The smallest absolute Gasteiger partial charge is 0.303 e. The molecule has 5 nitrogen and oxygen atoms in total. The summed E-state index contributed by atoms with van der Waals surface area (Å²) in [6, 6.07) is -0.154. The lowest BCUT2D eigenvalue weighted by Gasteiger charge is -2.12. The Morgan fingerprint density at radius 3 is 3.00 bits per heavy atom. The molecule has 0 fully saturated rings. The number of aryl methyl sites for hydroxylation is 1. The highest BCUT2D eigenvalue weighted by molar-refractivity contribution is 7.09. The van der Waals surface area contributed by atoms with Crippen LogP contribution in [0.25, 0.3) is 0 Å². The molecule has 0 aliphatic rings. The van der Waals surface area contributed by atoms with E-state index in [1.54, 1.807) is 0 Å². The predicted octanol–water partition coefficient (Wildman–Crippen LogP) is 0.973. The molecule has 1 atom stereocenters. The molecule has 0 aliphatic heterocycles. The minimum Gasteiger partial charge on any atom is -0.481 e. The number of aromatic nitrogens is 1. The molecule has 0 aliphatic carbocycles. The standard InChI is InChI=1S/C10H14N2O3S/c1-7-5-16-9(12-7)4-8(11-6-13)2-3-10(14)15/h5-6,8H,2-4H2,1H3,(H,11,13)(H,14,15). The number of nitrogens with zero attached hydrogens (tertiary/aromatic N) is 1. The molecular weight excluding hydrogens is 228 g/mol. The summed E-state index contributed by atoms with van der Waals surface area (Å²) in [5.41, 5.74) is 0.947. The van der Waals surface area contributed by atoms with Crippen molar-refractivity contribution in [3.63, 3.8) is 0 Å². The SMILES string of the molecule is Cc1csc(CC(CCC(=O)O)NC=O)n1. The Bertz CT molecular complexity index is 365. The molecule has 0 radical (unpaired) electrons. The van der Waals surface area contributed by atoms with E-state index >= 15 is 0 Å². The van der Waals surface area contributed by atoms with Gasteiger partial charge in [0.2, 0.25) is 6.41 Å². The number of nitrogens with one attached hydrogen (secondary N) is 1. The van der Waals surface area contributed by atoms with Crippen molar-refractivity contribution < 1.29 is 14.7 Å². The van der Waals surface area contributed by atoms with Crippen LogP contribution in [-0.2, 0) is 16.0 Å². The minimum atomic E-state index is -0.854. The van der Waals surface area contributed by atoms with Crippen molar-refractivity contribution in [1.82, 2.24) is 10.3 Å². The summed E-state index contributed by atoms with van der Waals surface area (Å²) in [4.78, 5) is 25.1. The van der Waals surface area contributed by atoms with Gasteiger partial charge in [-0.3, -0.25) is 9.59 Å². The van der Waals surface area contributed by atoms with E-state index in [0.717, 1.165) is 10.7 Å². The largest absolute Gasteiger partial charge is 0.481 e. The Morgan fingerprint density at radius 2 is 2.50 bits per heavy atom. The first-order chi connectivity index (χ1) is 7.61. The van der Waals surface area contributed by atoms with Gasteiger partial charge in [0, 0.05) is 30.0 Å². The first-order valence-electron chi connectivity index (χ1n) is 4.94. The highest BCUT2D eigenvalue weighted by Crippen LogP contribution is 2.13. The van der Waals surface area contributed by atoms with Crippen LogP contribution in [0, 0.1) is 6.92 Å². The maximum absolute atomic E-state index is 10.4. The second-order valence-corrected chi connectivity index (χ2v) is 4.44. The van der Waals surface area contributed by atoms with Crippen molar-refractivity contribution in [2.75, 3.05) is 0 Å². The van der Waals surface area contributed by atoms with E-state index in [0.29, 0.717) is 19.3 Å². The number of thiazole rings is 1. The maximum Gasteiger partial charge on any atom is 0.303 e. The molecule has 1 rings (SSSR count). The van der Waals surface area contributed by atoms with Crippen LogP contribution in [0.3, 0.4) is 0 Å². The molecule has 0 bridgehead atoms. The van der Waals surface area contributed by atoms with Crippen molar-refractivity contribution in [2.24, 2.45) is 0 Å². The molecule has 0 aromatic carbocycles. The Hall–Kier alpha value is -1.43. The fraction of sp³-hybridized carbons (Fsp3) is 0.500. The summed E-state index contributed by atoms with van der Waals surface area (Å²) in [7, 11) is 0. The second kappa shape index (κ2) is 6.22. The third kappa shape index (κ3) is 4.39. The number of carboxylic acids is 1. The number of rotatable bonds is 7. The third-order valence-electron chi connectivity index (χ3n) is 2.10. The average Bonchev–Trinajstić information content (AvgIpc) is 2.61. The minimum absolute atomic E-state index is 0.0515. The molecule has 1 aromatic heterocycles. The summed E-state index contributed by atoms with van der Waals surface area (Å²) in [6.07, 6.45) is 1.67. The lowest BCUT2D eigenvalue weighted by atomic mass is 10.1. The van der Waals surface area contributed by atoms with Crippen molar-refractivity contribution in [3.8, 4) is 0 Å². The van der Waals surface area contributed by atoms with Crippen molar-refractivity contribution in [3.05, 3.63) is 16.1 Å². The zero-order valence-corrected chi connectivity index (χ0v) is 9.79. The van der Waals surface area contributed by atoms with E-state index in [2.05, 4.69) is 10.3 Å². The fourth-order valence-corrected chi connectivity index (χ4v) is 2.20. The summed E-state index contributed by atoms with van der Waals surface area (Å²) < 4.78 is 0. The Balaban J connectivity index is 2.49. The van der Waals surface area contributed by atoms with Crippen LogP contribution < -0.4 is 5.32 Å². The maximum atomic E-state index is 10.4. The summed E-state index contributed by atoms with van der Waals surface area (Å²) in [6.45, 7) is 1.90. The first kappa shape index (κ1) is 12.6. The fourth-order valence-electron chi connectivity index (χ4n) is 1.35. The normalized spacial score (nSPS) is 12.1. The Kier molecular flexibility index (Phi) is 4.91. The van der Waals surface area contributed by atoms with E-state index in [4.69, 9.17) is 5.11 Å². The highest BCUT2D eigenvalue weighted by Gasteiger charge is 2.12. The molecule has 1 aromatic rings. The van der Waals surface area contributed by atoms with Crippen LogP contribution >= 0.6 is 11.3 Å². The zero-order valence-electron chi connectivity index (χ0n) is 8.97. The van der Waals surface area contributed by atoms with E-state index < -0.39 is 5.97 Å². The van der Waals surface area contributed by atoms with Crippen molar-refractivity contribution >= 4 is 23.7 Å². The summed E-state index contributed by atoms with van der Waals surface area (Å²) in [5, 5.41) is 14.0. The van der Waals surface area contributed by atoms with Gasteiger partial charge >= 0.3 is 5.97 Å². The van der Waals surface area contributed by atoms with Gasteiger partial charge < -0.3 is 10.4 Å². The molecule has 1 amide bonds. The Labute approximate surface area is 97.5 Å². The van der Waals surface area contributed by atoms with Gasteiger partial charge in [-0.1, -0.05) is 0 Å². The third-order valence-corrected chi connectivity index (χ3v) is 3.09. The van der Waals surface area contributed by atoms with Gasteiger partial charge in [0.25, 0.3) is 0 Å². The quantitative estimate of drug-likeness (QED) is 0.698. The van der Waals surface area contributed by atoms with E-state index in [1.165, 1.54) is 11.3 Å². The van der Waals surface area contributed by atoms with Gasteiger partial charge in [-0.25, -0.2) is 4.98 Å². The number of amides is 1. The molecule has 0 saturated heterocycles. The number of carboxylic acid groups (broad SMARTS) is 1. The lowest BCUT2D eigenvalue weighted by Crippen LogP contribution is -2.30. The second-order valence-electron chi connectivity index (χ2n) is 3.50. The lowest BCUT2D eigenvalue weighted by molar-refractivity contribution is -0.137. The van der Waals surface area contributed by atoms with Crippen LogP contribution in [0.2, 0.25) is 0 Å². The molecule has 6 heteroatoms. The molecule has 88 valence electrons. The Morgan fingerprint density at radius 1 is 1.75 bits per heavy atom. The molecular formula is C10H14N2O3S. The number of carbonyl (C=O) groups is 2. The monoisotopic (exact) mass is 242 g/mol. The van der Waals surface area contributed by atoms with Crippen LogP contribution in [0.15, 0.2) is 5.38 Å². The molecule has 16 heavy (non-hydrogen) atoms. The molecule has 1 heterocycles. The van der Waals surface area contributed by atoms with Gasteiger partial charge in [-0.2, -0.15) is 0 Å². The van der Waals surface area contributed by atoms with Crippen LogP contribution in [0.4, 0.5) is 0 Å². The van der Waals surface area contributed by atoms with Gasteiger partial charge in [0.05, 0.1) is 5.01 Å². The van der Waals surface area contributed by atoms with Crippen LogP contribution in [0.5, 0.6) is 0 Å². The van der Waals surface area contributed by atoms with Crippen LogP contribution in [0.1, 0.15) is 23.5 Å². The van der Waals surface area contributed by atoms with Gasteiger partial charge in [0.15, 0.2) is 0 Å². The zero-order chi connectivity index (χ0) is 12.0. The van der Waals surface area contributed by atoms with Crippen molar-refractivity contribution in [1.29, 1.82) is 0 Å². The van der Waals surface area contributed by atoms with E-state index in [1.807, 2.05) is 12.3 Å². The summed E-state index contributed by atoms with van der Waals surface area (Å²) in [5.74, 6) is -0.854. The number of carbonyl (C=O) groups excluding carboxylic acids is 1.